The number of likely N-dealkylation sites (N-methyl/N-ethyl adjacent to an activating group) is 1. The number of para-hydroxylation sites is 1. The van der Waals surface area contributed by atoms with Gasteiger partial charge in [-0.2, -0.15) is 5.06 Å². The van der Waals surface area contributed by atoms with Gasteiger partial charge in [-0.05, 0) is 93.6 Å². The van der Waals surface area contributed by atoms with E-state index in [4.69, 9.17) is 14.3 Å². The number of hydrogen-bond acceptors (Lipinski definition) is 9. The average molecular weight is 733 g/mol. The fraction of sp³-hybridized carbons (Fsp3) is 0.619. The molecule has 4 N–H and O–H groups in total. The quantitative estimate of drug-likeness (QED) is 0.206. The third kappa shape index (κ3) is 7.73. The summed E-state index contributed by atoms with van der Waals surface area (Å²) in [6.07, 6.45) is 1.81. The highest BCUT2D eigenvalue weighted by Crippen LogP contribution is 2.61. The Hall–Kier alpha value is -3.48. The lowest BCUT2D eigenvalue weighted by molar-refractivity contribution is -0.183. The smallest absolute Gasteiger partial charge is 0.255 e. The number of aliphatic hydroxyl groups is 2. The Labute approximate surface area is 315 Å². The number of ether oxygens (including phenoxy) is 2. The lowest BCUT2D eigenvalue weighted by Gasteiger charge is -2.62. The topological polar surface area (TPSA) is 133 Å². The van der Waals surface area contributed by atoms with Crippen LogP contribution in [-0.2, 0) is 22.6 Å². The summed E-state index contributed by atoms with van der Waals surface area (Å²) in [5.41, 5.74) is 5.04. The van der Waals surface area contributed by atoms with Crippen LogP contribution in [0.25, 0.3) is 11.1 Å². The molecule has 3 aliphatic carbocycles. The number of hydroxylamine groups is 2. The van der Waals surface area contributed by atoms with Gasteiger partial charge in [-0.15, -0.1) is 6.58 Å². The van der Waals surface area contributed by atoms with Crippen molar-refractivity contribution < 1.29 is 34.1 Å². The maximum absolute atomic E-state index is 14.3. The van der Waals surface area contributed by atoms with Crippen LogP contribution in [0.3, 0.4) is 0 Å². The molecule has 0 spiro atoms. The molecular weight excluding hydrogens is 672 g/mol. The molecule has 1 unspecified atom stereocenters. The molecule has 11 heteroatoms. The van der Waals surface area contributed by atoms with Gasteiger partial charge in [0.15, 0.2) is 0 Å². The van der Waals surface area contributed by atoms with Gasteiger partial charge in [0, 0.05) is 42.1 Å². The summed E-state index contributed by atoms with van der Waals surface area (Å²) in [6.45, 7) is 15.6. The van der Waals surface area contributed by atoms with Gasteiger partial charge in [-0.1, -0.05) is 44.5 Å². The summed E-state index contributed by atoms with van der Waals surface area (Å²) in [4.78, 5) is 36.5. The Morgan fingerprint density at radius 2 is 1.96 bits per heavy atom. The Bertz CT molecular complexity index is 1690. The second kappa shape index (κ2) is 15.7. The van der Waals surface area contributed by atoms with Crippen molar-refractivity contribution in [2.24, 2.45) is 29.1 Å². The number of amides is 2. The summed E-state index contributed by atoms with van der Waals surface area (Å²) in [7, 11) is 5.57. The monoisotopic (exact) mass is 732 g/mol. The lowest BCUT2D eigenvalue weighted by atomic mass is 9.45. The molecule has 1 saturated heterocycles. The van der Waals surface area contributed by atoms with E-state index in [1.54, 1.807) is 19.1 Å². The second-order valence-corrected chi connectivity index (χ2v) is 16.9. The maximum atomic E-state index is 14.3. The zero-order valence-corrected chi connectivity index (χ0v) is 32.8. The normalized spacial score (nSPS) is 28.4. The number of nitrogens with zero attached hydrogens (tertiary/aromatic N) is 2. The lowest BCUT2D eigenvalue weighted by Crippen LogP contribution is -2.62. The molecule has 5 aliphatic rings. The van der Waals surface area contributed by atoms with Crippen LogP contribution in [0.15, 0.2) is 42.5 Å². The molecule has 0 aromatic heterocycles. The van der Waals surface area contributed by atoms with Gasteiger partial charge < -0.3 is 35.2 Å². The van der Waals surface area contributed by atoms with Gasteiger partial charge >= 0.3 is 0 Å². The molecule has 7 rings (SSSR count). The van der Waals surface area contributed by atoms with Crippen LogP contribution in [0.2, 0.25) is 0 Å². The third-order valence-corrected chi connectivity index (χ3v) is 12.5. The summed E-state index contributed by atoms with van der Waals surface area (Å²) in [6, 6.07) is 8.81. The van der Waals surface area contributed by atoms with Crippen molar-refractivity contribution in [3.63, 3.8) is 0 Å². The molecular formula is C42H60N4O7. The molecule has 4 fully saturated rings. The standard InChI is InChI=1S/C42H60N4O7/c1-23(2)15-30(21-45(7)8)43-40(49)32-17-28(16-26-13-14-52-39(26)32)31-12-10-11-27(38(31)51-9)20-46-37(36(25(4)48)35(22-47)53-46)41(50)44-34-19-29-18-33(24(34)3)42(29,5)6/h10-12,16-17,24-25,29-30,33-37,47-48H,1,13-15,18-22H2,2-9H3,(H,43,49)(H,44,50)/t24-,25-,29+,30-,33-,34?,35-,36+,37-/m0/s1. The minimum atomic E-state index is -0.900. The van der Waals surface area contributed by atoms with Crippen molar-refractivity contribution in [3.05, 3.63) is 59.2 Å². The molecule has 290 valence electrons. The summed E-state index contributed by atoms with van der Waals surface area (Å²) >= 11 is 0. The van der Waals surface area contributed by atoms with E-state index in [2.05, 4.69) is 44.1 Å². The van der Waals surface area contributed by atoms with Crippen LogP contribution < -0.4 is 20.1 Å². The summed E-state index contributed by atoms with van der Waals surface area (Å²) < 4.78 is 12.1. The number of rotatable bonds is 14. The molecule has 53 heavy (non-hydrogen) atoms. The highest BCUT2D eigenvalue weighted by atomic mass is 16.7. The number of carbonyl (C=O) groups excluding carboxylic acids is 2. The number of benzene rings is 2. The van der Waals surface area contributed by atoms with Gasteiger partial charge in [0.05, 0.1) is 38.5 Å². The summed E-state index contributed by atoms with van der Waals surface area (Å²) in [5, 5.41) is 29.5. The van der Waals surface area contributed by atoms with Crippen molar-refractivity contribution in [2.45, 2.75) is 97.2 Å². The van der Waals surface area contributed by atoms with Crippen molar-refractivity contribution in [1.82, 2.24) is 20.6 Å². The number of methoxy groups -OCH3 is 1. The van der Waals surface area contributed by atoms with E-state index in [0.29, 0.717) is 60.8 Å². The minimum Gasteiger partial charge on any atom is -0.496 e. The number of fused-ring (bicyclic) bond motifs is 3. The largest absolute Gasteiger partial charge is 0.496 e. The minimum absolute atomic E-state index is 0.0379. The van der Waals surface area contributed by atoms with Gasteiger partial charge in [-0.25, -0.2) is 0 Å². The van der Waals surface area contributed by atoms with Crippen LogP contribution >= 0.6 is 0 Å². The van der Waals surface area contributed by atoms with Crippen LogP contribution in [0, 0.1) is 29.1 Å². The molecule has 9 atom stereocenters. The van der Waals surface area contributed by atoms with Gasteiger partial charge in [-0.3, -0.25) is 14.4 Å². The molecule has 3 saturated carbocycles. The van der Waals surface area contributed by atoms with E-state index in [1.165, 1.54) is 6.42 Å². The Balaban J connectivity index is 1.29. The van der Waals surface area contributed by atoms with E-state index >= 15 is 0 Å². The average Bonchev–Trinajstić information content (AvgIpc) is 3.72. The Morgan fingerprint density at radius 1 is 1.21 bits per heavy atom. The van der Waals surface area contributed by atoms with E-state index in [-0.39, 0.29) is 42.5 Å². The van der Waals surface area contributed by atoms with Crippen LogP contribution in [0.5, 0.6) is 11.5 Å². The van der Waals surface area contributed by atoms with Crippen LogP contribution in [0.1, 0.15) is 75.4 Å². The van der Waals surface area contributed by atoms with Crippen LogP contribution in [0.4, 0.5) is 0 Å². The first-order valence-electron chi connectivity index (χ1n) is 19.2. The molecule has 2 bridgehead atoms. The van der Waals surface area contributed by atoms with Crippen molar-refractivity contribution in [3.8, 4) is 22.6 Å². The first-order valence-corrected chi connectivity index (χ1v) is 19.2. The highest BCUT2D eigenvalue weighted by molar-refractivity contribution is 5.99. The third-order valence-electron chi connectivity index (χ3n) is 12.5. The highest BCUT2D eigenvalue weighted by Gasteiger charge is 2.57. The Morgan fingerprint density at radius 3 is 2.58 bits per heavy atom. The van der Waals surface area contributed by atoms with E-state index < -0.39 is 24.2 Å². The van der Waals surface area contributed by atoms with Crippen molar-refractivity contribution in [1.29, 1.82) is 0 Å². The van der Waals surface area contributed by atoms with E-state index in [0.717, 1.165) is 34.2 Å². The number of carbonyl (C=O) groups is 2. The fourth-order valence-corrected chi connectivity index (χ4v) is 9.75. The van der Waals surface area contributed by atoms with Crippen LogP contribution in [-0.4, -0.2) is 103 Å². The van der Waals surface area contributed by atoms with Gasteiger partial charge in [0.1, 0.15) is 23.6 Å². The molecule has 2 heterocycles. The predicted octanol–water partition coefficient (Wildman–Crippen LogP) is 4.58. The molecule has 2 amide bonds. The number of nitrogens with one attached hydrogen (secondary N) is 2. The molecule has 11 nitrogen and oxygen atoms in total. The SMILES string of the molecule is C=C(C)C[C@@H](CN(C)C)NC(=O)c1cc(-c2cccc(CN3O[C@@H](CO)[C@@H]([C@H](C)O)[C@H]3C(=O)NC3C[C@H]4C[C@@H]([C@@H]3C)C4(C)C)c2OC)cc2c1OCC2. The van der Waals surface area contributed by atoms with Crippen molar-refractivity contribution in [2.75, 3.05) is 41.0 Å². The number of hydrogen-bond donors (Lipinski definition) is 4. The molecule has 2 aliphatic heterocycles. The predicted molar refractivity (Wildman–Crippen MR) is 204 cm³/mol. The van der Waals surface area contributed by atoms with Crippen molar-refractivity contribution >= 4 is 11.8 Å². The number of aliphatic hydroxyl groups excluding tert-OH is 2. The maximum Gasteiger partial charge on any atom is 0.255 e. The first-order chi connectivity index (χ1) is 25.1. The molecule has 2 aromatic carbocycles. The van der Waals surface area contributed by atoms with E-state index in [1.807, 2.05) is 50.2 Å². The first kappa shape index (κ1) is 39.2. The summed E-state index contributed by atoms with van der Waals surface area (Å²) in [5.74, 6) is 1.59. The van der Waals surface area contributed by atoms with Gasteiger partial charge in [0.2, 0.25) is 5.91 Å². The zero-order chi connectivity index (χ0) is 38.4. The molecule has 0 radical (unpaired) electrons. The zero-order valence-electron chi connectivity index (χ0n) is 32.8. The Kier molecular flexibility index (Phi) is 11.6. The fourth-order valence-electron chi connectivity index (χ4n) is 9.75. The molecule has 2 aromatic rings. The van der Waals surface area contributed by atoms with Gasteiger partial charge in [0.25, 0.3) is 5.91 Å². The second-order valence-electron chi connectivity index (χ2n) is 16.9. The van der Waals surface area contributed by atoms with E-state index in [9.17, 15) is 19.8 Å².